The molecule has 2 aromatic carbocycles. The third-order valence-corrected chi connectivity index (χ3v) is 8.80. The summed E-state index contributed by atoms with van der Waals surface area (Å²) in [6.07, 6.45) is 3.53. The summed E-state index contributed by atoms with van der Waals surface area (Å²) in [5, 5.41) is 13.8. The molecule has 0 bridgehead atoms. The Labute approximate surface area is 328 Å². The quantitative estimate of drug-likeness (QED) is 0.138. The van der Waals surface area contributed by atoms with Crippen molar-refractivity contribution in [2.45, 2.75) is 39.8 Å². The molecule has 1 aromatic heterocycles. The Bertz CT molecular complexity index is 1810. The van der Waals surface area contributed by atoms with Gasteiger partial charge in [-0.15, -0.1) is 0 Å². The normalized spacial score (nSPS) is 15.0. The number of methoxy groups -OCH3 is 2. The number of morpholine rings is 1. The van der Waals surface area contributed by atoms with Gasteiger partial charge in [0, 0.05) is 31.7 Å². The first-order chi connectivity index (χ1) is 26.7. The van der Waals surface area contributed by atoms with Gasteiger partial charge in [-0.2, -0.15) is 10.2 Å². The second-order valence-electron chi connectivity index (χ2n) is 11.9. The second kappa shape index (κ2) is 22.1. The van der Waals surface area contributed by atoms with Crippen molar-refractivity contribution in [1.82, 2.24) is 30.7 Å². The molecular weight excluding hydrogens is 778 g/mol. The van der Waals surface area contributed by atoms with E-state index in [-0.39, 0.29) is 28.7 Å². The zero-order chi connectivity index (χ0) is 39.6. The van der Waals surface area contributed by atoms with Crippen molar-refractivity contribution in [1.29, 1.82) is 0 Å². The monoisotopic (exact) mass is 825 g/mol. The van der Waals surface area contributed by atoms with Crippen LogP contribution in [0.2, 0.25) is 0 Å². The minimum Gasteiger partial charge on any atom is -0.497 e. The number of halogens is 1. The Kier molecular flexibility index (Phi) is 17.0. The Morgan fingerprint density at radius 2 is 1.51 bits per heavy atom. The van der Waals surface area contributed by atoms with Crippen LogP contribution in [-0.2, 0) is 43.3 Å². The number of hydrazone groups is 1. The van der Waals surface area contributed by atoms with E-state index in [9.17, 15) is 19.2 Å². The Morgan fingerprint density at radius 1 is 0.891 bits per heavy atom. The minimum absolute atomic E-state index is 0.0631. The van der Waals surface area contributed by atoms with Gasteiger partial charge in [0.15, 0.2) is 5.69 Å². The summed E-state index contributed by atoms with van der Waals surface area (Å²) >= 11 is 3.03. The van der Waals surface area contributed by atoms with Crippen molar-refractivity contribution in [2.24, 2.45) is 5.10 Å². The molecule has 1 saturated heterocycles. The number of benzene rings is 2. The van der Waals surface area contributed by atoms with Gasteiger partial charge in [0.2, 0.25) is 4.62 Å². The molecule has 0 unspecified atom stereocenters. The highest BCUT2D eigenvalue weighted by molar-refractivity contribution is 9.19. The molecule has 16 nitrogen and oxygen atoms in total. The molecule has 17 heteroatoms. The summed E-state index contributed by atoms with van der Waals surface area (Å²) in [5.74, 6) is 0.429. The fraction of sp³-hybridized carbons (Fsp3) is 0.421. The standard InChI is InChI=1S/C17H19N3O4.C12H15BrN2O3.C9H14N2O2/c1-3-24-17(22)14-13-8-9-18-16(21)15(13)20(19-14)10-11-4-6-12(23-2)7-5-11;1-3-18-12(16)11(13)15-14-8-9-4-6-10(17-2)7-5-9;12-9-8(2-1-3-10-9)11-4-6-13-7-5-11/h4-7H,3,8-10H2,1-2H3,(H,18,21);4-7,14H,3,8H2,1-2H3;2H,1,3-7H2,(H,10,12)/b;15-11-;. The molecule has 3 aliphatic heterocycles. The van der Waals surface area contributed by atoms with E-state index in [0.717, 1.165) is 67.6 Å². The van der Waals surface area contributed by atoms with Crippen LogP contribution in [0.1, 0.15) is 57.9 Å². The van der Waals surface area contributed by atoms with Crippen LogP contribution < -0.4 is 25.5 Å². The van der Waals surface area contributed by atoms with Gasteiger partial charge >= 0.3 is 11.9 Å². The molecular formula is C38H48BrN7O9. The number of amides is 2. The van der Waals surface area contributed by atoms with E-state index in [0.29, 0.717) is 43.9 Å². The topological polar surface area (TPSA) is 184 Å². The number of fused-ring (bicyclic) bond motifs is 1. The maximum Gasteiger partial charge on any atom is 0.366 e. The molecule has 3 N–H and O–H groups in total. The molecule has 55 heavy (non-hydrogen) atoms. The highest BCUT2D eigenvalue weighted by Crippen LogP contribution is 2.22. The van der Waals surface area contributed by atoms with Gasteiger partial charge in [0.25, 0.3) is 11.8 Å². The zero-order valence-electron chi connectivity index (χ0n) is 31.5. The average molecular weight is 827 g/mol. The smallest absolute Gasteiger partial charge is 0.366 e. The molecule has 0 aliphatic carbocycles. The third kappa shape index (κ3) is 12.6. The maximum atomic E-state index is 12.2. The zero-order valence-corrected chi connectivity index (χ0v) is 33.1. The molecule has 2 amide bonds. The van der Waals surface area contributed by atoms with Crippen LogP contribution in [0.5, 0.6) is 11.5 Å². The SMILES string of the molecule is CCOC(=O)/C(Br)=N/NCc1ccc(OC)cc1.CCOC(=O)c1nn(Cc2ccc(OC)cc2)c2c1CCNC2=O.O=C1NCCC=C1N1CCOCC1. The predicted molar refractivity (Wildman–Crippen MR) is 207 cm³/mol. The maximum absolute atomic E-state index is 12.2. The first-order valence-electron chi connectivity index (χ1n) is 17.9. The summed E-state index contributed by atoms with van der Waals surface area (Å²) < 4.78 is 26.9. The first kappa shape index (κ1) is 42.3. The van der Waals surface area contributed by atoms with Crippen molar-refractivity contribution in [3.05, 3.63) is 88.4 Å². The van der Waals surface area contributed by atoms with E-state index >= 15 is 0 Å². The lowest BCUT2D eigenvalue weighted by atomic mass is 10.1. The van der Waals surface area contributed by atoms with Gasteiger partial charge in [-0.3, -0.25) is 14.3 Å². The van der Waals surface area contributed by atoms with Gasteiger partial charge in [0.05, 0.1) is 59.4 Å². The number of esters is 2. The molecule has 0 saturated carbocycles. The minimum atomic E-state index is -0.489. The Morgan fingerprint density at radius 3 is 2.11 bits per heavy atom. The number of hydrogen-bond acceptors (Lipinski definition) is 13. The molecule has 6 rings (SSSR count). The summed E-state index contributed by atoms with van der Waals surface area (Å²) in [4.78, 5) is 49.1. The van der Waals surface area contributed by atoms with E-state index < -0.39 is 11.9 Å². The Hall–Kier alpha value is -5.42. The molecule has 3 aliphatic rings. The van der Waals surface area contributed by atoms with Crippen LogP contribution in [0.3, 0.4) is 0 Å². The molecule has 0 atom stereocenters. The van der Waals surface area contributed by atoms with Crippen molar-refractivity contribution in [2.75, 3.05) is 66.8 Å². The number of aromatic nitrogens is 2. The Balaban J connectivity index is 0.000000192. The highest BCUT2D eigenvalue weighted by Gasteiger charge is 2.30. The molecule has 3 aromatic rings. The van der Waals surface area contributed by atoms with E-state index in [1.807, 2.05) is 54.6 Å². The van der Waals surface area contributed by atoms with Crippen LogP contribution in [0.25, 0.3) is 0 Å². The van der Waals surface area contributed by atoms with Crippen molar-refractivity contribution < 1.29 is 42.9 Å². The van der Waals surface area contributed by atoms with Crippen LogP contribution in [-0.4, -0.2) is 110 Å². The lowest BCUT2D eigenvalue weighted by molar-refractivity contribution is -0.134. The van der Waals surface area contributed by atoms with Crippen LogP contribution in [0.15, 0.2) is 65.4 Å². The molecule has 4 heterocycles. The lowest BCUT2D eigenvalue weighted by Gasteiger charge is -2.31. The number of nitrogens with zero attached hydrogens (tertiary/aromatic N) is 4. The predicted octanol–water partition coefficient (Wildman–Crippen LogP) is 3.18. The number of ether oxygens (including phenoxy) is 5. The summed E-state index contributed by atoms with van der Waals surface area (Å²) in [7, 11) is 3.23. The average Bonchev–Trinajstić information content (AvgIpc) is 3.59. The van der Waals surface area contributed by atoms with Crippen LogP contribution in [0, 0.1) is 0 Å². The van der Waals surface area contributed by atoms with Gasteiger partial charge in [-0.25, -0.2) is 9.59 Å². The van der Waals surface area contributed by atoms with Crippen LogP contribution in [0.4, 0.5) is 0 Å². The van der Waals surface area contributed by atoms with E-state index in [1.165, 1.54) is 0 Å². The van der Waals surface area contributed by atoms with Crippen LogP contribution >= 0.6 is 15.9 Å². The molecule has 0 radical (unpaired) electrons. The second-order valence-corrected chi connectivity index (χ2v) is 12.7. The van der Waals surface area contributed by atoms with Gasteiger partial charge in [-0.05, 0) is 78.0 Å². The van der Waals surface area contributed by atoms with Gasteiger partial charge in [0.1, 0.15) is 17.2 Å². The number of hydrogen-bond donors (Lipinski definition) is 3. The molecule has 0 spiro atoms. The molecule has 296 valence electrons. The summed E-state index contributed by atoms with van der Waals surface area (Å²) in [5.41, 5.74) is 6.91. The highest BCUT2D eigenvalue weighted by atomic mass is 79.9. The number of rotatable bonds is 12. The van der Waals surface area contributed by atoms with Crippen molar-refractivity contribution in [3.8, 4) is 11.5 Å². The largest absolute Gasteiger partial charge is 0.497 e. The van der Waals surface area contributed by atoms with E-state index in [4.69, 9.17) is 23.7 Å². The number of carbonyl (C=O) groups is 4. The fourth-order valence-electron chi connectivity index (χ4n) is 5.59. The first-order valence-corrected chi connectivity index (χ1v) is 18.7. The van der Waals surface area contributed by atoms with E-state index in [1.54, 1.807) is 32.7 Å². The van der Waals surface area contributed by atoms with Crippen molar-refractivity contribution in [3.63, 3.8) is 0 Å². The van der Waals surface area contributed by atoms with E-state index in [2.05, 4.69) is 47.1 Å². The third-order valence-electron chi connectivity index (χ3n) is 8.30. The fourth-order valence-corrected chi connectivity index (χ4v) is 5.83. The number of nitrogens with one attached hydrogen (secondary N) is 3. The van der Waals surface area contributed by atoms with Gasteiger partial charge < -0.3 is 44.6 Å². The number of carbonyl (C=O) groups excluding carboxylic acids is 4. The van der Waals surface area contributed by atoms with Gasteiger partial charge in [-0.1, -0.05) is 30.3 Å². The summed E-state index contributed by atoms with van der Waals surface area (Å²) in [6.45, 7) is 9.35. The molecule has 1 fully saturated rings. The summed E-state index contributed by atoms with van der Waals surface area (Å²) in [6, 6.07) is 15.0. The lowest BCUT2D eigenvalue weighted by Crippen LogP contribution is -2.43. The van der Waals surface area contributed by atoms with Crippen molar-refractivity contribution >= 4 is 44.3 Å².